The second-order valence-electron chi connectivity index (χ2n) is 6.66. The van der Waals surface area contributed by atoms with Gasteiger partial charge in [-0.3, -0.25) is 4.72 Å². The Bertz CT molecular complexity index is 1380. The number of ether oxygens (including phenoxy) is 2. The Balaban J connectivity index is 1.80. The van der Waals surface area contributed by atoms with Gasteiger partial charge < -0.3 is 14.8 Å². The van der Waals surface area contributed by atoms with Crippen LogP contribution in [0.5, 0.6) is 11.5 Å². The number of nitrogens with zero attached hydrogens (tertiary/aromatic N) is 2. The van der Waals surface area contributed by atoms with E-state index in [1.165, 1.54) is 19.2 Å². The molecule has 3 aromatic carbocycles. The lowest BCUT2D eigenvalue weighted by atomic mass is 10.2. The van der Waals surface area contributed by atoms with Crippen LogP contribution in [0.1, 0.15) is 0 Å². The Morgan fingerprint density at radius 2 is 1.50 bits per heavy atom. The smallest absolute Gasteiger partial charge is 0.263 e. The zero-order valence-electron chi connectivity index (χ0n) is 17.2. The van der Waals surface area contributed by atoms with Gasteiger partial charge in [-0.25, -0.2) is 18.4 Å². The Morgan fingerprint density at radius 1 is 0.844 bits per heavy atom. The first kappa shape index (κ1) is 21.8. The number of sulfonamides is 1. The maximum absolute atomic E-state index is 13.0. The second kappa shape index (κ2) is 9.01. The average Bonchev–Trinajstić information content (AvgIpc) is 2.79. The van der Waals surface area contributed by atoms with Crippen molar-refractivity contribution >= 4 is 54.3 Å². The molecular formula is C22H19BrN4O4S. The summed E-state index contributed by atoms with van der Waals surface area (Å²) in [5, 5.41) is 3.13. The van der Waals surface area contributed by atoms with Crippen LogP contribution in [0, 0.1) is 0 Å². The van der Waals surface area contributed by atoms with Gasteiger partial charge in [-0.15, -0.1) is 0 Å². The minimum absolute atomic E-state index is 0.0523. The monoisotopic (exact) mass is 514 g/mol. The molecule has 1 heterocycles. The predicted molar refractivity (Wildman–Crippen MR) is 127 cm³/mol. The summed E-state index contributed by atoms with van der Waals surface area (Å²) in [6, 6.07) is 18.7. The van der Waals surface area contributed by atoms with Crippen molar-refractivity contribution in [1.29, 1.82) is 0 Å². The van der Waals surface area contributed by atoms with Crippen LogP contribution in [0.25, 0.3) is 11.0 Å². The summed E-state index contributed by atoms with van der Waals surface area (Å²) in [5.41, 5.74) is 1.69. The number of halogens is 1. The van der Waals surface area contributed by atoms with Crippen LogP contribution in [-0.4, -0.2) is 32.6 Å². The van der Waals surface area contributed by atoms with Gasteiger partial charge in [0.1, 0.15) is 11.5 Å². The van der Waals surface area contributed by atoms with Crippen LogP contribution >= 0.6 is 15.9 Å². The van der Waals surface area contributed by atoms with Gasteiger partial charge in [-0.05, 0) is 48.5 Å². The van der Waals surface area contributed by atoms with E-state index in [0.717, 1.165) is 4.47 Å². The largest absolute Gasteiger partial charge is 0.497 e. The van der Waals surface area contributed by atoms with Crippen molar-refractivity contribution in [3.63, 3.8) is 0 Å². The van der Waals surface area contributed by atoms with Crippen molar-refractivity contribution in [3.05, 3.63) is 71.2 Å². The molecule has 164 valence electrons. The van der Waals surface area contributed by atoms with E-state index in [1.54, 1.807) is 49.6 Å². The molecule has 2 N–H and O–H groups in total. The average molecular weight is 515 g/mol. The van der Waals surface area contributed by atoms with E-state index in [1.807, 2.05) is 12.1 Å². The van der Waals surface area contributed by atoms with Crippen LogP contribution in [0.15, 0.2) is 76.1 Å². The van der Waals surface area contributed by atoms with E-state index in [0.29, 0.717) is 28.2 Å². The summed E-state index contributed by atoms with van der Waals surface area (Å²) >= 11 is 3.31. The summed E-state index contributed by atoms with van der Waals surface area (Å²) in [7, 11) is -0.819. The van der Waals surface area contributed by atoms with Crippen LogP contribution in [-0.2, 0) is 10.0 Å². The molecule has 1 aromatic heterocycles. The number of methoxy groups -OCH3 is 2. The zero-order chi connectivity index (χ0) is 22.7. The maximum atomic E-state index is 13.0. The van der Waals surface area contributed by atoms with Crippen molar-refractivity contribution in [3.8, 4) is 11.5 Å². The first-order chi connectivity index (χ1) is 15.4. The fourth-order valence-corrected chi connectivity index (χ4v) is 4.27. The van der Waals surface area contributed by atoms with Crippen molar-refractivity contribution in [2.45, 2.75) is 4.90 Å². The van der Waals surface area contributed by atoms with Gasteiger partial charge in [0.05, 0.1) is 35.8 Å². The number of rotatable bonds is 7. The van der Waals surface area contributed by atoms with Gasteiger partial charge in [-0.1, -0.05) is 28.1 Å². The van der Waals surface area contributed by atoms with E-state index in [4.69, 9.17) is 9.47 Å². The fourth-order valence-electron chi connectivity index (χ4n) is 3.00. The lowest BCUT2D eigenvalue weighted by Crippen LogP contribution is -2.16. The van der Waals surface area contributed by atoms with Gasteiger partial charge in [-0.2, -0.15) is 0 Å². The molecule has 0 bridgehead atoms. The molecule has 0 saturated carbocycles. The third kappa shape index (κ3) is 4.61. The minimum Gasteiger partial charge on any atom is -0.497 e. The summed E-state index contributed by atoms with van der Waals surface area (Å²) < 4.78 is 40.1. The molecule has 32 heavy (non-hydrogen) atoms. The first-order valence-electron chi connectivity index (χ1n) is 9.44. The summed E-state index contributed by atoms with van der Waals surface area (Å²) in [5.74, 6) is 1.40. The van der Waals surface area contributed by atoms with E-state index >= 15 is 0 Å². The Kier molecular flexibility index (Phi) is 6.15. The molecular weight excluding hydrogens is 496 g/mol. The summed E-state index contributed by atoms with van der Waals surface area (Å²) in [6.07, 6.45) is 0. The molecule has 0 spiro atoms. The molecule has 0 fully saturated rings. The fraction of sp³-hybridized carbons (Fsp3) is 0.0909. The van der Waals surface area contributed by atoms with Gasteiger partial charge in [0, 0.05) is 10.5 Å². The van der Waals surface area contributed by atoms with Gasteiger partial charge in [0.25, 0.3) is 10.0 Å². The van der Waals surface area contributed by atoms with Gasteiger partial charge in [0.2, 0.25) is 0 Å². The van der Waals surface area contributed by atoms with Crippen LogP contribution in [0.2, 0.25) is 0 Å². The highest BCUT2D eigenvalue weighted by molar-refractivity contribution is 9.10. The highest BCUT2D eigenvalue weighted by atomic mass is 79.9. The number of hydrogen-bond acceptors (Lipinski definition) is 7. The van der Waals surface area contributed by atoms with E-state index < -0.39 is 10.0 Å². The second-order valence-corrected chi connectivity index (χ2v) is 9.26. The van der Waals surface area contributed by atoms with Crippen molar-refractivity contribution in [2.24, 2.45) is 0 Å². The molecule has 0 unspecified atom stereocenters. The molecule has 0 saturated heterocycles. The van der Waals surface area contributed by atoms with Crippen molar-refractivity contribution < 1.29 is 17.9 Å². The van der Waals surface area contributed by atoms with E-state index in [9.17, 15) is 8.42 Å². The summed E-state index contributed by atoms with van der Waals surface area (Å²) in [6.45, 7) is 0. The number of nitrogens with one attached hydrogen (secondary N) is 2. The van der Waals surface area contributed by atoms with Crippen molar-refractivity contribution in [1.82, 2.24) is 9.97 Å². The van der Waals surface area contributed by atoms with Gasteiger partial charge >= 0.3 is 0 Å². The molecule has 4 rings (SSSR count). The SMILES string of the molecule is COc1ccc(OC)c(Nc2nc3ccccc3nc2NS(=O)(=O)c2ccc(Br)cc2)c1. The number of aromatic nitrogens is 2. The number of fused-ring (bicyclic) bond motifs is 1. The lowest BCUT2D eigenvalue weighted by Gasteiger charge is -2.16. The molecule has 10 heteroatoms. The molecule has 0 aliphatic rings. The molecule has 0 aliphatic carbocycles. The number of benzene rings is 3. The van der Waals surface area contributed by atoms with Crippen LogP contribution < -0.4 is 19.5 Å². The van der Waals surface area contributed by atoms with E-state index in [2.05, 4.69) is 35.9 Å². The molecule has 0 amide bonds. The minimum atomic E-state index is -3.91. The van der Waals surface area contributed by atoms with Crippen LogP contribution in [0.4, 0.5) is 17.3 Å². The van der Waals surface area contributed by atoms with Crippen LogP contribution in [0.3, 0.4) is 0 Å². The Labute approximate surface area is 193 Å². The molecule has 8 nitrogen and oxygen atoms in total. The molecule has 4 aromatic rings. The lowest BCUT2D eigenvalue weighted by molar-refractivity contribution is 0.405. The normalized spacial score (nSPS) is 11.2. The molecule has 0 atom stereocenters. The van der Waals surface area contributed by atoms with E-state index in [-0.39, 0.29) is 16.5 Å². The number of anilines is 3. The first-order valence-corrected chi connectivity index (χ1v) is 11.7. The standard InChI is InChI=1S/C22H19BrN4O4S/c1-30-15-9-12-20(31-2)19(13-15)26-21-22(25-18-6-4-3-5-17(18)24-21)27-32(28,29)16-10-7-14(23)8-11-16/h3-13H,1-2H3,(H,24,26)(H,25,27). The summed E-state index contributed by atoms with van der Waals surface area (Å²) in [4.78, 5) is 9.19. The molecule has 0 radical (unpaired) electrons. The maximum Gasteiger partial charge on any atom is 0.263 e. The van der Waals surface area contributed by atoms with Crippen molar-refractivity contribution in [2.75, 3.05) is 24.3 Å². The quantitative estimate of drug-likeness (QED) is 0.359. The highest BCUT2D eigenvalue weighted by Crippen LogP contribution is 2.34. The predicted octanol–water partition coefficient (Wildman–Crippen LogP) is 4.95. The number of para-hydroxylation sites is 2. The Morgan fingerprint density at radius 3 is 2.12 bits per heavy atom. The molecule has 0 aliphatic heterocycles. The Hall–Kier alpha value is -3.37. The van der Waals surface area contributed by atoms with Gasteiger partial charge in [0.15, 0.2) is 11.6 Å². The number of hydrogen-bond donors (Lipinski definition) is 2. The topological polar surface area (TPSA) is 102 Å². The zero-order valence-corrected chi connectivity index (χ0v) is 19.6. The highest BCUT2D eigenvalue weighted by Gasteiger charge is 2.20. The third-order valence-corrected chi connectivity index (χ3v) is 6.47. The third-order valence-electron chi connectivity index (χ3n) is 4.59.